The third-order valence-electron chi connectivity index (χ3n) is 8.31. The molecule has 0 saturated carbocycles. The monoisotopic (exact) mass is 754 g/mol. The van der Waals surface area contributed by atoms with Crippen molar-refractivity contribution in [3.05, 3.63) is 91.9 Å². The Kier molecular flexibility index (Phi) is 18.3. The number of rotatable bonds is 24. The zero-order valence-corrected chi connectivity index (χ0v) is 31.1. The standard InChI is InChI=1S/C40H52Br2O4/c1-3-5-7-9-11-13-15-17-27-45-33-23-19-31(20-24-33)39(43)35-29-38(42)36(30-37(35)41)40(44)32-21-25-34(26-22-32)46-28-18-16-14-12-10-8-6-4-2/h19-26,29-30H,3-18,27-28H2,1-2H3. The molecule has 0 aromatic heterocycles. The highest BCUT2D eigenvalue weighted by Crippen LogP contribution is 2.30. The average Bonchev–Trinajstić information content (AvgIpc) is 3.07. The van der Waals surface area contributed by atoms with Crippen LogP contribution in [0.25, 0.3) is 0 Å². The van der Waals surface area contributed by atoms with Crippen molar-refractivity contribution < 1.29 is 19.1 Å². The van der Waals surface area contributed by atoms with Crippen LogP contribution >= 0.6 is 31.9 Å². The molecule has 0 amide bonds. The van der Waals surface area contributed by atoms with Crippen LogP contribution in [0.1, 0.15) is 148 Å². The summed E-state index contributed by atoms with van der Waals surface area (Å²) >= 11 is 7.08. The lowest BCUT2D eigenvalue weighted by atomic mass is 9.98. The summed E-state index contributed by atoms with van der Waals surface area (Å²) in [6, 6.07) is 18.0. The predicted molar refractivity (Wildman–Crippen MR) is 198 cm³/mol. The summed E-state index contributed by atoms with van der Waals surface area (Å²) in [4.78, 5) is 26.7. The molecule has 0 unspecified atom stereocenters. The number of ketones is 2. The maximum atomic E-state index is 13.4. The molecule has 0 saturated heterocycles. The Labute approximate surface area is 294 Å². The van der Waals surface area contributed by atoms with Crippen LogP contribution in [0.5, 0.6) is 11.5 Å². The maximum Gasteiger partial charge on any atom is 0.194 e. The van der Waals surface area contributed by atoms with Gasteiger partial charge in [-0.3, -0.25) is 9.59 Å². The normalized spacial score (nSPS) is 11.0. The number of halogens is 2. The summed E-state index contributed by atoms with van der Waals surface area (Å²) < 4.78 is 12.9. The first-order valence-corrected chi connectivity index (χ1v) is 19.1. The summed E-state index contributed by atoms with van der Waals surface area (Å²) in [5, 5.41) is 0. The van der Waals surface area contributed by atoms with Gasteiger partial charge in [0.15, 0.2) is 11.6 Å². The van der Waals surface area contributed by atoms with Crippen molar-refractivity contribution in [1.82, 2.24) is 0 Å². The van der Waals surface area contributed by atoms with Crippen LogP contribution in [0.3, 0.4) is 0 Å². The van der Waals surface area contributed by atoms with Gasteiger partial charge in [-0.25, -0.2) is 0 Å². The van der Waals surface area contributed by atoms with Crippen LogP contribution in [-0.2, 0) is 0 Å². The Bertz CT molecular complexity index is 1220. The highest BCUT2D eigenvalue weighted by Gasteiger charge is 2.20. The molecule has 0 atom stereocenters. The minimum absolute atomic E-state index is 0.126. The maximum absolute atomic E-state index is 13.4. The van der Waals surface area contributed by atoms with Gasteiger partial charge in [-0.15, -0.1) is 0 Å². The van der Waals surface area contributed by atoms with E-state index in [1.54, 1.807) is 36.4 Å². The van der Waals surface area contributed by atoms with Crippen molar-refractivity contribution in [2.75, 3.05) is 13.2 Å². The van der Waals surface area contributed by atoms with Crippen molar-refractivity contribution >= 4 is 43.4 Å². The summed E-state index contributed by atoms with van der Waals surface area (Å²) in [6.07, 6.45) is 20.2. The van der Waals surface area contributed by atoms with E-state index in [2.05, 4.69) is 45.7 Å². The van der Waals surface area contributed by atoms with Crippen molar-refractivity contribution in [2.24, 2.45) is 0 Å². The fourth-order valence-corrected chi connectivity index (χ4v) is 6.51. The molecule has 3 aromatic carbocycles. The Hall–Kier alpha value is -2.44. The second-order valence-electron chi connectivity index (χ2n) is 12.2. The summed E-state index contributed by atoms with van der Waals surface area (Å²) in [5.41, 5.74) is 2.10. The van der Waals surface area contributed by atoms with E-state index in [0.717, 1.165) is 24.3 Å². The Morgan fingerprint density at radius 2 is 0.783 bits per heavy atom. The van der Waals surface area contributed by atoms with Crippen LogP contribution in [-0.4, -0.2) is 24.8 Å². The van der Waals surface area contributed by atoms with Gasteiger partial charge in [0.1, 0.15) is 11.5 Å². The molecule has 3 aromatic rings. The van der Waals surface area contributed by atoms with Crippen LogP contribution < -0.4 is 9.47 Å². The molecule has 0 aliphatic carbocycles. The zero-order chi connectivity index (χ0) is 33.0. The van der Waals surface area contributed by atoms with Crippen LogP contribution in [0.2, 0.25) is 0 Å². The number of carbonyl (C=O) groups is 2. The number of unbranched alkanes of at least 4 members (excludes halogenated alkanes) is 14. The lowest BCUT2D eigenvalue weighted by Crippen LogP contribution is -2.07. The third-order valence-corrected chi connectivity index (χ3v) is 9.62. The molecule has 0 fully saturated rings. The molecular formula is C40H52Br2O4. The van der Waals surface area contributed by atoms with Gasteiger partial charge in [0, 0.05) is 31.2 Å². The fourth-order valence-electron chi connectivity index (χ4n) is 5.46. The van der Waals surface area contributed by atoms with Crippen LogP contribution in [0.4, 0.5) is 0 Å². The first-order chi connectivity index (χ1) is 22.4. The summed E-state index contributed by atoms with van der Waals surface area (Å²) in [6.45, 7) is 5.86. The summed E-state index contributed by atoms with van der Waals surface area (Å²) in [7, 11) is 0. The minimum Gasteiger partial charge on any atom is -0.494 e. The molecule has 3 rings (SSSR count). The molecule has 46 heavy (non-hydrogen) atoms. The third kappa shape index (κ3) is 13.4. The van der Waals surface area contributed by atoms with E-state index in [1.807, 2.05) is 24.3 Å². The fraction of sp³-hybridized carbons (Fsp3) is 0.500. The highest BCUT2D eigenvalue weighted by atomic mass is 79.9. The van der Waals surface area contributed by atoms with E-state index >= 15 is 0 Å². The second-order valence-corrected chi connectivity index (χ2v) is 13.9. The molecule has 0 N–H and O–H groups in total. The van der Waals surface area contributed by atoms with Crippen LogP contribution in [0, 0.1) is 0 Å². The zero-order valence-electron chi connectivity index (χ0n) is 27.9. The van der Waals surface area contributed by atoms with E-state index in [-0.39, 0.29) is 11.6 Å². The Balaban J connectivity index is 1.46. The number of hydrogen-bond acceptors (Lipinski definition) is 4. The first kappa shape index (κ1) is 38.0. The summed E-state index contributed by atoms with van der Waals surface area (Å²) in [5.74, 6) is 1.29. The minimum atomic E-state index is -0.126. The van der Waals surface area contributed by atoms with Gasteiger partial charge in [-0.1, -0.05) is 136 Å². The Morgan fingerprint density at radius 3 is 1.11 bits per heavy atom. The molecule has 0 aliphatic rings. The van der Waals surface area contributed by atoms with Crippen molar-refractivity contribution in [1.29, 1.82) is 0 Å². The molecule has 4 nitrogen and oxygen atoms in total. The predicted octanol–water partition coefficient (Wildman–Crippen LogP) is 12.7. The smallest absolute Gasteiger partial charge is 0.194 e. The number of carbonyl (C=O) groups excluding carboxylic acids is 2. The molecule has 250 valence electrons. The second kappa shape index (κ2) is 22.2. The van der Waals surface area contributed by atoms with Crippen molar-refractivity contribution in [2.45, 2.75) is 117 Å². The molecule has 0 heterocycles. The van der Waals surface area contributed by atoms with Gasteiger partial charge in [-0.05, 0) is 73.5 Å². The van der Waals surface area contributed by atoms with Gasteiger partial charge in [-0.2, -0.15) is 0 Å². The number of benzene rings is 3. The van der Waals surface area contributed by atoms with Crippen LogP contribution in [0.15, 0.2) is 69.6 Å². The van der Waals surface area contributed by atoms with E-state index < -0.39 is 0 Å². The molecule has 0 spiro atoms. The van der Waals surface area contributed by atoms with Gasteiger partial charge >= 0.3 is 0 Å². The Morgan fingerprint density at radius 1 is 0.478 bits per heavy atom. The molecule has 0 bridgehead atoms. The van der Waals surface area contributed by atoms with Gasteiger partial charge < -0.3 is 9.47 Å². The first-order valence-electron chi connectivity index (χ1n) is 17.5. The number of ether oxygens (including phenoxy) is 2. The molecule has 0 radical (unpaired) electrons. The van der Waals surface area contributed by atoms with Crippen molar-refractivity contribution in [3.8, 4) is 11.5 Å². The highest BCUT2D eigenvalue weighted by molar-refractivity contribution is 9.11. The van der Waals surface area contributed by atoms with E-state index in [0.29, 0.717) is 44.4 Å². The van der Waals surface area contributed by atoms with Gasteiger partial charge in [0.2, 0.25) is 0 Å². The largest absolute Gasteiger partial charge is 0.494 e. The lowest BCUT2D eigenvalue weighted by molar-refractivity contribution is 0.102. The molecule has 6 heteroatoms. The SMILES string of the molecule is CCCCCCCCCCOc1ccc(C(=O)c2cc(Br)c(C(=O)c3ccc(OCCCCCCCCCC)cc3)cc2Br)cc1. The average molecular weight is 757 g/mol. The number of hydrogen-bond donors (Lipinski definition) is 0. The van der Waals surface area contributed by atoms with Gasteiger partial charge in [0.05, 0.1) is 13.2 Å². The van der Waals surface area contributed by atoms with E-state index in [4.69, 9.17) is 9.47 Å². The topological polar surface area (TPSA) is 52.6 Å². The quantitative estimate of drug-likeness (QED) is 0.0675. The van der Waals surface area contributed by atoms with Gasteiger partial charge in [0.25, 0.3) is 0 Å². The van der Waals surface area contributed by atoms with Crippen molar-refractivity contribution in [3.63, 3.8) is 0 Å². The van der Waals surface area contributed by atoms with E-state index in [1.165, 1.54) is 89.9 Å². The molecular weight excluding hydrogens is 704 g/mol. The van der Waals surface area contributed by atoms with E-state index in [9.17, 15) is 9.59 Å². The molecule has 0 aliphatic heterocycles. The lowest BCUT2D eigenvalue weighted by Gasteiger charge is -2.11.